The molecule has 2 atom stereocenters. The van der Waals surface area contributed by atoms with E-state index in [2.05, 4.69) is 40.0 Å². The average Bonchev–Trinajstić information content (AvgIpc) is 2.48. The maximum atomic E-state index is 12.9. The van der Waals surface area contributed by atoms with Crippen molar-refractivity contribution in [1.29, 1.82) is 0 Å². The van der Waals surface area contributed by atoms with Gasteiger partial charge in [-0.25, -0.2) is 0 Å². The Bertz CT molecular complexity index is 489. The molecule has 1 saturated heterocycles. The van der Waals surface area contributed by atoms with Crippen molar-refractivity contribution in [2.75, 3.05) is 13.1 Å². The summed E-state index contributed by atoms with van der Waals surface area (Å²) >= 11 is 3.51. The third kappa shape index (κ3) is 3.07. The summed E-state index contributed by atoms with van der Waals surface area (Å²) in [6, 6.07) is 6.55. The summed E-state index contributed by atoms with van der Waals surface area (Å²) < 4.78 is 0.999. The largest absolute Gasteiger partial charge is 0.333 e. The molecule has 1 aromatic carbocycles. The maximum absolute atomic E-state index is 12.9. The number of amides is 1. The summed E-state index contributed by atoms with van der Waals surface area (Å²) in [7, 11) is 0. The van der Waals surface area contributed by atoms with Crippen molar-refractivity contribution in [2.24, 2.45) is 0 Å². The topological polar surface area (TPSA) is 32.3 Å². The van der Waals surface area contributed by atoms with Gasteiger partial charge in [-0.1, -0.05) is 35.8 Å². The predicted octanol–water partition coefficient (Wildman–Crippen LogP) is 3.36. The SMILES string of the molecule is CCC1CN(C(=O)c2cccc(Br)c2C)C(CC)CN1. The molecule has 0 bridgehead atoms. The van der Waals surface area contributed by atoms with Crippen LogP contribution in [0, 0.1) is 6.92 Å². The Morgan fingerprint density at radius 1 is 1.40 bits per heavy atom. The Morgan fingerprint density at radius 3 is 2.80 bits per heavy atom. The van der Waals surface area contributed by atoms with Crippen LogP contribution in [-0.2, 0) is 0 Å². The minimum Gasteiger partial charge on any atom is -0.333 e. The van der Waals surface area contributed by atoms with E-state index < -0.39 is 0 Å². The molecular weight excluding hydrogens is 316 g/mol. The van der Waals surface area contributed by atoms with E-state index in [0.717, 1.165) is 41.5 Å². The Balaban J connectivity index is 2.27. The number of nitrogens with one attached hydrogen (secondary N) is 1. The first-order chi connectivity index (χ1) is 9.58. The minimum atomic E-state index is 0.163. The molecule has 1 heterocycles. The third-order valence-corrected chi connectivity index (χ3v) is 5.08. The number of hydrogen-bond acceptors (Lipinski definition) is 2. The summed E-state index contributed by atoms with van der Waals surface area (Å²) in [4.78, 5) is 14.9. The van der Waals surface area contributed by atoms with Crippen LogP contribution in [0.4, 0.5) is 0 Å². The fourth-order valence-electron chi connectivity index (χ4n) is 2.74. The van der Waals surface area contributed by atoms with Crippen LogP contribution >= 0.6 is 15.9 Å². The molecule has 0 aliphatic carbocycles. The van der Waals surface area contributed by atoms with Crippen molar-refractivity contribution in [3.05, 3.63) is 33.8 Å². The molecule has 1 amide bonds. The van der Waals surface area contributed by atoms with E-state index in [1.54, 1.807) is 0 Å². The second kappa shape index (κ2) is 6.72. The fraction of sp³-hybridized carbons (Fsp3) is 0.562. The molecule has 1 aliphatic heterocycles. The number of rotatable bonds is 3. The van der Waals surface area contributed by atoms with E-state index in [9.17, 15) is 4.79 Å². The third-order valence-electron chi connectivity index (χ3n) is 4.22. The van der Waals surface area contributed by atoms with Gasteiger partial charge in [-0.3, -0.25) is 4.79 Å². The zero-order chi connectivity index (χ0) is 14.7. The molecule has 3 nitrogen and oxygen atoms in total. The summed E-state index contributed by atoms with van der Waals surface area (Å²) in [5, 5.41) is 3.53. The van der Waals surface area contributed by atoms with E-state index in [0.29, 0.717) is 12.1 Å². The van der Waals surface area contributed by atoms with Crippen LogP contribution in [0.1, 0.15) is 42.6 Å². The minimum absolute atomic E-state index is 0.163. The van der Waals surface area contributed by atoms with Crippen LogP contribution < -0.4 is 5.32 Å². The molecule has 1 aliphatic rings. The molecule has 0 aromatic heterocycles. The highest BCUT2D eigenvalue weighted by Crippen LogP contribution is 2.23. The van der Waals surface area contributed by atoms with E-state index >= 15 is 0 Å². The van der Waals surface area contributed by atoms with Gasteiger partial charge in [0.25, 0.3) is 5.91 Å². The van der Waals surface area contributed by atoms with Gasteiger partial charge in [-0.15, -0.1) is 0 Å². The van der Waals surface area contributed by atoms with Crippen molar-refractivity contribution >= 4 is 21.8 Å². The van der Waals surface area contributed by atoms with Crippen LogP contribution in [0.2, 0.25) is 0 Å². The Labute approximate surface area is 129 Å². The van der Waals surface area contributed by atoms with Gasteiger partial charge >= 0.3 is 0 Å². The molecule has 2 unspecified atom stereocenters. The highest BCUT2D eigenvalue weighted by molar-refractivity contribution is 9.10. The molecule has 4 heteroatoms. The quantitative estimate of drug-likeness (QED) is 0.916. The van der Waals surface area contributed by atoms with Gasteiger partial charge in [0.15, 0.2) is 0 Å². The molecule has 1 fully saturated rings. The number of piperazine rings is 1. The predicted molar refractivity (Wildman–Crippen MR) is 86.1 cm³/mol. The Hall–Kier alpha value is -0.870. The second-order valence-corrected chi connectivity index (χ2v) is 6.30. The first-order valence-corrected chi connectivity index (χ1v) is 8.17. The monoisotopic (exact) mass is 338 g/mol. The second-order valence-electron chi connectivity index (χ2n) is 5.45. The van der Waals surface area contributed by atoms with Gasteiger partial charge in [0.2, 0.25) is 0 Å². The summed E-state index contributed by atoms with van der Waals surface area (Å²) in [5.41, 5.74) is 1.84. The lowest BCUT2D eigenvalue weighted by atomic mass is 10.0. The number of nitrogens with zero attached hydrogens (tertiary/aromatic N) is 1. The lowest BCUT2D eigenvalue weighted by Gasteiger charge is -2.40. The van der Waals surface area contributed by atoms with Gasteiger partial charge in [0.1, 0.15) is 0 Å². The van der Waals surface area contributed by atoms with E-state index in [-0.39, 0.29) is 5.91 Å². The first kappa shape index (κ1) is 15.5. The summed E-state index contributed by atoms with van der Waals surface area (Å²) in [6.07, 6.45) is 2.04. The van der Waals surface area contributed by atoms with Crippen molar-refractivity contribution in [2.45, 2.75) is 45.7 Å². The fourth-order valence-corrected chi connectivity index (χ4v) is 3.11. The number of halogens is 1. The highest BCUT2D eigenvalue weighted by Gasteiger charge is 2.30. The van der Waals surface area contributed by atoms with Crippen molar-refractivity contribution in [3.8, 4) is 0 Å². The summed E-state index contributed by atoms with van der Waals surface area (Å²) in [6.45, 7) is 8.01. The van der Waals surface area contributed by atoms with Crippen molar-refractivity contribution < 1.29 is 4.79 Å². The molecule has 2 rings (SSSR count). The lowest BCUT2D eigenvalue weighted by Crippen LogP contribution is -2.58. The van der Waals surface area contributed by atoms with E-state index in [1.807, 2.05) is 25.1 Å². The molecule has 1 aromatic rings. The molecule has 1 N–H and O–H groups in total. The number of hydrogen-bond donors (Lipinski definition) is 1. The maximum Gasteiger partial charge on any atom is 0.254 e. The van der Waals surface area contributed by atoms with Crippen LogP contribution in [-0.4, -0.2) is 36.0 Å². The Morgan fingerprint density at radius 2 is 2.15 bits per heavy atom. The molecular formula is C16H23BrN2O. The standard InChI is InChI=1S/C16H23BrN2O/c1-4-12-10-19(13(5-2)9-18-12)16(20)14-7-6-8-15(17)11(14)3/h6-8,12-13,18H,4-5,9-10H2,1-3H3. The van der Waals surface area contributed by atoms with Gasteiger partial charge in [-0.05, 0) is 37.5 Å². The Kier molecular flexibility index (Phi) is 5.22. The van der Waals surface area contributed by atoms with E-state index in [4.69, 9.17) is 0 Å². The molecule has 0 spiro atoms. The normalized spacial score (nSPS) is 22.9. The van der Waals surface area contributed by atoms with Gasteiger partial charge in [0, 0.05) is 35.2 Å². The van der Waals surface area contributed by atoms with Crippen molar-refractivity contribution in [1.82, 2.24) is 10.2 Å². The molecule has 110 valence electrons. The van der Waals surface area contributed by atoms with Crippen LogP contribution in [0.25, 0.3) is 0 Å². The number of benzene rings is 1. The van der Waals surface area contributed by atoms with Crippen LogP contribution in [0.3, 0.4) is 0 Å². The number of carbonyl (C=O) groups excluding carboxylic acids is 1. The zero-order valence-electron chi connectivity index (χ0n) is 12.4. The molecule has 0 radical (unpaired) electrons. The van der Waals surface area contributed by atoms with Crippen molar-refractivity contribution in [3.63, 3.8) is 0 Å². The van der Waals surface area contributed by atoms with Gasteiger partial charge in [-0.2, -0.15) is 0 Å². The summed E-state index contributed by atoms with van der Waals surface area (Å²) in [5.74, 6) is 0.163. The lowest BCUT2D eigenvalue weighted by molar-refractivity contribution is 0.0575. The first-order valence-electron chi connectivity index (χ1n) is 7.37. The smallest absolute Gasteiger partial charge is 0.254 e. The van der Waals surface area contributed by atoms with Crippen LogP contribution in [0.15, 0.2) is 22.7 Å². The average molecular weight is 339 g/mol. The van der Waals surface area contributed by atoms with E-state index in [1.165, 1.54) is 0 Å². The van der Waals surface area contributed by atoms with Gasteiger partial charge < -0.3 is 10.2 Å². The van der Waals surface area contributed by atoms with Crippen LogP contribution in [0.5, 0.6) is 0 Å². The molecule has 20 heavy (non-hydrogen) atoms. The highest BCUT2D eigenvalue weighted by atomic mass is 79.9. The number of carbonyl (C=O) groups is 1. The zero-order valence-corrected chi connectivity index (χ0v) is 14.0. The van der Waals surface area contributed by atoms with Gasteiger partial charge in [0.05, 0.1) is 0 Å². The molecule has 0 saturated carbocycles.